The standard InChI is InChI=1S/C25H32N6O3S.ClH/c1-17-5-3-4-6-21(17)22-15-18-16-27-25(28-19-7-11-26-12-8-19)29-23(18)31(24(22)32)20-9-13-30(14-10-20)35(2,33)34;/h3-6,15-16,19-20,26H,7-14H2,1-2H3,(H,27,28,29);1H. The van der Waals surface area contributed by atoms with Gasteiger partial charge in [-0.1, -0.05) is 24.3 Å². The van der Waals surface area contributed by atoms with Gasteiger partial charge >= 0.3 is 0 Å². The van der Waals surface area contributed by atoms with Crippen LogP contribution < -0.4 is 16.2 Å². The van der Waals surface area contributed by atoms with Crippen LogP contribution in [-0.2, 0) is 10.0 Å². The Balaban J connectivity index is 0.00000304. The molecule has 0 spiro atoms. The number of pyridine rings is 1. The highest BCUT2D eigenvalue weighted by atomic mass is 35.5. The predicted octanol–water partition coefficient (Wildman–Crippen LogP) is 2.95. The van der Waals surface area contributed by atoms with Crippen LogP contribution in [0.15, 0.2) is 41.3 Å². The number of aromatic nitrogens is 3. The average Bonchev–Trinajstić information content (AvgIpc) is 2.84. The molecule has 0 atom stereocenters. The second-order valence-corrected chi connectivity index (χ2v) is 11.6. The largest absolute Gasteiger partial charge is 0.351 e. The molecule has 3 aromatic rings. The van der Waals surface area contributed by atoms with Crippen LogP contribution in [0.5, 0.6) is 0 Å². The van der Waals surface area contributed by atoms with Crippen LogP contribution in [0.25, 0.3) is 22.2 Å². The highest BCUT2D eigenvalue weighted by Crippen LogP contribution is 2.29. The number of hydrogen-bond acceptors (Lipinski definition) is 7. The first kappa shape index (κ1) is 26.5. The third kappa shape index (κ3) is 5.41. The fourth-order valence-electron chi connectivity index (χ4n) is 5.18. The van der Waals surface area contributed by atoms with Crippen molar-refractivity contribution in [3.8, 4) is 11.1 Å². The van der Waals surface area contributed by atoms with Crippen LogP contribution in [-0.4, -0.2) is 65.7 Å². The van der Waals surface area contributed by atoms with Gasteiger partial charge in [-0.05, 0) is 62.9 Å². The minimum absolute atomic E-state index is 0. The first-order chi connectivity index (χ1) is 16.8. The second-order valence-electron chi connectivity index (χ2n) is 9.58. The molecule has 0 unspecified atom stereocenters. The third-order valence-electron chi connectivity index (χ3n) is 7.14. The summed E-state index contributed by atoms with van der Waals surface area (Å²) < 4.78 is 27.4. The summed E-state index contributed by atoms with van der Waals surface area (Å²) in [5.74, 6) is 0.523. The van der Waals surface area contributed by atoms with E-state index in [4.69, 9.17) is 4.98 Å². The average molecular weight is 533 g/mol. The van der Waals surface area contributed by atoms with E-state index in [1.165, 1.54) is 10.6 Å². The molecule has 36 heavy (non-hydrogen) atoms. The zero-order valence-corrected chi connectivity index (χ0v) is 22.2. The molecule has 9 nitrogen and oxygen atoms in total. The lowest BCUT2D eigenvalue weighted by Crippen LogP contribution is -2.40. The first-order valence-corrected chi connectivity index (χ1v) is 14.1. The summed E-state index contributed by atoms with van der Waals surface area (Å²) in [6.07, 6.45) is 6.12. The number of sulfonamides is 1. The van der Waals surface area contributed by atoms with Gasteiger partial charge in [0.25, 0.3) is 5.56 Å². The molecule has 0 bridgehead atoms. The molecule has 0 radical (unpaired) electrons. The predicted molar refractivity (Wildman–Crippen MR) is 145 cm³/mol. The molecule has 2 aromatic heterocycles. The summed E-state index contributed by atoms with van der Waals surface area (Å²) in [6.45, 7) is 4.67. The molecule has 1 aromatic carbocycles. The van der Waals surface area contributed by atoms with Crippen LogP contribution in [0.3, 0.4) is 0 Å². The van der Waals surface area contributed by atoms with E-state index in [0.717, 1.165) is 42.4 Å². The fourth-order valence-corrected chi connectivity index (χ4v) is 6.05. The topological polar surface area (TPSA) is 109 Å². The van der Waals surface area contributed by atoms with Crippen LogP contribution in [0, 0.1) is 6.92 Å². The van der Waals surface area contributed by atoms with E-state index < -0.39 is 10.0 Å². The molecular weight excluding hydrogens is 500 g/mol. The van der Waals surface area contributed by atoms with Crippen molar-refractivity contribution in [2.24, 2.45) is 0 Å². The van der Waals surface area contributed by atoms with Crippen molar-refractivity contribution in [2.75, 3.05) is 37.8 Å². The van der Waals surface area contributed by atoms with Crippen molar-refractivity contribution < 1.29 is 8.42 Å². The van der Waals surface area contributed by atoms with E-state index in [1.54, 1.807) is 10.8 Å². The summed E-state index contributed by atoms with van der Waals surface area (Å²) >= 11 is 0. The summed E-state index contributed by atoms with van der Waals surface area (Å²) in [4.78, 5) is 23.3. The van der Waals surface area contributed by atoms with Crippen LogP contribution in [0.2, 0.25) is 0 Å². The summed E-state index contributed by atoms with van der Waals surface area (Å²) in [5.41, 5.74) is 3.02. The van der Waals surface area contributed by atoms with Gasteiger partial charge in [-0.3, -0.25) is 9.36 Å². The molecule has 11 heteroatoms. The number of aryl methyl sites for hydroxylation is 1. The lowest BCUT2D eigenvalue weighted by Gasteiger charge is -2.32. The zero-order valence-electron chi connectivity index (χ0n) is 20.6. The van der Waals surface area contributed by atoms with Gasteiger partial charge in [0.05, 0.1) is 6.26 Å². The molecule has 2 aliphatic rings. The van der Waals surface area contributed by atoms with Gasteiger partial charge in [0, 0.05) is 42.3 Å². The molecule has 2 fully saturated rings. The van der Waals surface area contributed by atoms with Gasteiger partial charge in [0.15, 0.2) is 0 Å². The Morgan fingerprint density at radius 1 is 1.06 bits per heavy atom. The first-order valence-electron chi connectivity index (χ1n) is 12.2. The molecule has 4 heterocycles. The number of halogens is 1. The number of piperidine rings is 2. The van der Waals surface area contributed by atoms with Crippen LogP contribution in [0.4, 0.5) is 5.95 Å². The summed E-state index contributed by atoms with van der Waals surface area (Å²) in [6, 6.07) is 9.88. The number of rotatable bonds is 5. The number of anilines is 1. The lowest BCUT2D eigenvalue weighted by atomic mass is 9.99. The fraction of sp³-hybridized carbons (Fsp3) is 0.480. The number of nitrogens with zero attached hydrogens (tertiary/aromatic N) is 4. The highest BCUT2D eigenvalue weighted by molar-refractivity contribution is 7.88. The summed E-state index contributed by atoms with van der Waals surface area (Å²) in [7, 11) is -3.26. The third-order valence-corrected chi connectivity index (χ3v) is 8.44. The molecule has 2 N–H and O–H groups in total. The van der Waals surface area contributed by atoms with Gasteiger partial charge < -0.3 is 10.6 Å². The Morgan fingerprint density at radius 3 is 2.42 bits per heavy atom. The molecule has 0 saturated carbocycles. The van der Waals surface area contributed by atoms with Crippen molar-refractivity contribution in [3.63, 3.8) is 0 Å². The second kappa shape index (κ2) is 10.8. The molecule has 2 aliphatic heterocycles. The lowest BCUT2D eigenvalue weighted by molar-refractivity contribution is 0.275. The Kier molecular flexibility index (Phi) is 7.99. The normalized spacial score (nSPS) is 18.2. The SMILES string of the molecule is Cc1ccccc1-c1cc2cnc(NC3CCNCC3)nc2n(C2CCN(S(C)(=O)=O)CC2)c1=O.Cl. The van der Waals surface area contributed by atoms with Crippen molar-refractivity contribution in [2.45, 2.75) is 44.7 Å². The number of hydrogen-bond donors (Lipinski definition) is 2. The quantitative estimate of drug-likeness (QED) is 0.520. The zero-order chi connectivity index (χ0) is 24.6. The molecule has 0 aliphatic carbocycles. The molecule has 0 amide bonds. The number of benzene rings is 1. The molecular formula is C25H33ClN6O3S. The van der Waals surface area contributed by atoms with E-state index in [9.17, 15) is 13.2 Å². The Bertz CT molecular complexity index is 1400. The van der Waals surface area contributed by atoms with E-state index >= 15 is 0 Å². The Morgan fingerprint density at radius 2 is 1.75 bits per heavy atom. The molecule has 5 rings (SSSR count). The maximum Gasteiger partial charge on any atom is 0.260 e. The van der Waals surface area contributed by atoms with Crippen molar-refractivity contribution in [1.82, 2.24) is 24.2 Å². The maximum absolute atomic E-state index is 14.0. The van der Waals surface area contributed by atoms with Crippen molar-refractivity contribution in [1.29, 1.82) is 0 Å². The van der Waals surface area contributed by atoms with Crippen LogP contribution in [0.1, 0.15) is 37.3 Å². The monoisotopic (exact) mass is 532 g/mol. The van der Waals surface area contributed by atoms with Gasteiger partial charge in [0.1, 0.15) is 5.65 Å². The van der Waals surface area contributed by atoms with Crippen LogP contribution >= 0.6 is 12.4 Å². The minimum Gasteiger partial charge on any atom is -0.351 e. The molecule has 194 valence electrons. The van der Waals surface area contributed by atoms with Gasteiger partial charge in [-0.15, -0.1) is 12.4 Å². The van der Waals surface area contributed by atoms with Gasteiger partial charge in [-0.2, -0.15) is 4.98 Å². The van der Waals surface area contributed by atoms with E-state index in [0.29, 0.717) is 43.1 Å². The number of nitrogens with one attached hydrogen (secondary N) is 2. The summed E-state index contributed by atoms with van der Waals surface area (Å²) in [5, 5.41) is 7.59. The van der Waals surface area contributed by atoms with Gasteiger partial charge in [0.2, 0.25) is 16.0 Å². The van der Waals surface area contributed by atoms with Crippen molar-refractivity contribution >= 4 is 39.4 Å². The van der Waals surface area contributed by atoms with E-state index in [1.807, 2.05) is 37.3 Å². The number of fused-ring (bicyclic) bond motifs is 1. The van der Waals surface area contributed by atoms with E-state index in [-0.39, 0.29) is 30.0 Å². The van der Waals surface area contributed by atoms with Crippen molar-refractivity contribution in [3.05, 3.63) is 52.4 Å². The smallest absolute Gasteiger partial charge is 0.260 e. The van der Waals surface area contributed by atoms with Gasteiger partial charge in [-0.25, -0.2) is 17.7 Å². The Labute approximate surface area is 217 Å². The van der Waals surface area contributed by atoms with E-state index in [2.05, 4.69) is 15.6 Å². The minimum atomic E-state index is -3.26. The molecule has 2 saturated heterocycles. The highest BCUT2D eigenvalue weighted by Gasteiger charge is 2.29. The Hall–Kier alpha value is -2.53. The maximum atomic E-state index is 14.0.